The Kier molecular flexibility index (Phi) is 7.02. The molecule has 24 heavy (non-hydrogen) atoms. The van der Waals surface area contributed by atoms with Gasteiger partial charge in [-0.25, -0.2) is 0 Å². The molecule has 1 unspecified atom stereocenters. The van der Waals surface area contributed by atoms with Crippen molar-refractivity contribution in [2.75, 3.05) is 32.1 Å². The third-order valence-electron chi connectivity index (χ3n) is 4.14. The van der Waals surface area contributed by atoms with Crippen LogP contribution in [0.4, 0.5) is 5.69 Å². The highest BCUT2D eigenvalue weighted by atomic mass is 35.5. The van der Waals surface area contributed by atoms with Gasteiger partial charge in [-0.05, 0) is 37.5 Å². The summed E-state index contributed by atoms with van der Waals surface area (Å²) in [5, 5.41) is 3.08. The van der Waals surface area contributed by atoms with Crippen molar-refractivity contribution >= 4 is 29.1 Å². The highest BCUT2D eigenvalue weighted by Gasteiger charge is 2.20. The van der Waals surface area contributed by atoms with Crippen molar-refractivity contribution in [1.82, 2.24) is 4.90 Å². The van der Waals surface area contributed by atoms with E-state index in [1.54, 1.807) is 18.2 Å². The summed E-state index contributed by atoms with van der Waals surface area (Å²) in [6.07, 6.45) is 3.06. The smallest absolute Gasteiger partial charge is 0.255 e. The van der Waals surface area contributed by atoms with Crippen molar-refractivity contribution in [2.24, 2.45) is 5.73 Å². The zero-order valence-corrected chi connectivity index (χ0v) is 14.6. The monoisotopic (exact) mass is 353 g/mol. The van der Waals surface area contributed by atoms with Crippen LogP contribution < -0.4 is 11.1 Å². The number of anilines is 1. The lowest BCUT2D eigenvalue weighted by Gasteiger charge is -2.27. The first-order valence-electron chi connectivity index (χ1n) is 8.16. The highest BCUT2D eigenvalue weighted by molar-refractivity contribution is 6.34. The van der Waals surface area contributed by atoms with Gasteiger partial charge >= 0.3 is 0 Å². The average Bonchev–Trinajstić information content (AvgIpc) is 2.60. The zero-order valence-electron chi connectivity index (χ0n) is 13.9. The molecule has 0 saturated carbocycles. The van der Waals surface area contributed by atoms with E-state index in [1.807, 2.05) is 4.90 Å². The minimum Gasteiger partial charge on any atom is -0.380 e. The molecule has 1 aromatic rings. The van der Waals surface area contributed by atoms with Gasteiger partial charge in [-0.15, -0.1) is 0 Å². The Bertz CT molecular complexity index is 584. The lowest BCUT2D eigenvalue weighted by molar-refractivity contribution is -0.118. The van der Waals surface area contributed by atoms with Crippen molar-refractivity contribution in [3.63, 3.8) is 0 Å². The second-order valence-corrected chi connectivity index (χ2v) is 6.30. The molecular formula is C17H24ClN3O3. The number of carbonyl (C=O) groups is 2. The van der Waals surface area contributed by atoms with Crippen LogP contribution in [-0.2, 0) is 9.53 Å². The lowest BCUT2D eigenvalue weighted by Crippen LogP contribution is -2.35. The van der Waals surface area contributed by atoms with Gasteiger partial charge in [-0.3, -0.25) is 9.59 Å². The maximum atomic E-state index is 12.5. The molecule has 0 spiro atoms. The van der Waals surface area contributed by atoms with Gasteiger partial charge < -0.3 is 20.7 Å². The highest BCUT2D eigenvalue weighted by Crippen LogP contribution is 2.24. The Balaban J connectivity index is 2.01. The third-order valence-corrected chi connectivity index (χ3v) is 4.45. The number of halogens is 1. The van der Waals surface area contributed by atoms with Gasteiger partial charge in [0.25, 0.3) is 5.91 Å². The van der Waals surface area contributed by atoms with Crippen LogP contribution in [-0.4, -0.2) is 49.6 Å². The van der Waals surface area contributed by atoms with E-state index in [2.05, 4.69) is 5.32 Å². The first kappa shape index (κ1) is 18.7. The number of amides is 2. The number of benzene rings is 1. The average molecular weight is 354 g/mol. The summed E-state index contributed by atoms with van der Waals surface area (Å²) >= 11 is 6.24. The van der Waals surface area contributed by atoms with Crippen molar-refractivity contribution in [3.8, 4) is 0 Å². The Morgan fingerprint density at radius 3 is 2.62 bits per heavy atom. The molecule has 1 fully saturated rings. The number of methoxy groups -OCH3 is 1. The van der Waals surface area contributed by atoms with Gasteiger partial charge in [0, 0.05) is 32.4 Å². The number of carbonyl (C=O) groups excluding carboxylic acids is 2. The Morgan fingerprint density at radius 1 is 1.33 bits per heavy atom. The largest absolute Gasteiger partial charge is 0.380 e. The molecule has 2 amide bonds. The number of hydrogen-bond acceptors (Lipinski definition) is 4. The van der Waals surface area contributed by atoms with Crippen molar-refractivity contribution in [3.05, 3.63) is 28.8 Å². The van der Waals surface area contributed by atoms with E-state index in [0.717, 1.165) is 32.4 Å². The minimum atomic E-state index is -0.319. The zero-order chi connectivity index (χ0) is 17.5. The molecule has 1 atom stereocenters. The number of rotatable bonds is 6. The van der Waals surface area contributed by atoms with E-state index in [-0.39, 0.29) is 30.9 Å². The van der Waals surface area contributed by atoms with Crippen LogP contribution in [0.15, 0.2) is 18.2 Å². The predicted molar refractivity (Wildman–Crippen MR) is 94.3 cm³/mol. The lowest BCUT2D eigenvalue weighted by atomic mass is 10.1. The van der Waals surface area contributed by atoms with Crippen LogP contribution in [0.5, 0.6) is 0 Å². The summed E-state index contributed by atoms with van der Waals surface area (Å²) in [5.41, 5.74) is 6.52. The first-order chi connectivity index (χ1) is 11.5. The van der Waals surface area contributed by atoms with E-state index in [1.165, 1.54) is 7.11 Å². The van der Waals surface area contributed by atoms with Gasteiger partial charge in [0.1, 0.15) is 0 Å². The number of hydrogen-bond donors (Lipinski definition) is 2. The second-order valence-electron chi connectivity index (χ2n) is 5.89. The normalized spacial score (nSPS) is 15.9. The van der Waals surface area contributed by atoms with Crippen molar-refractivity contribution in [2.45, 2.75) is 31.8 Å². The SMILES string of the molecule is COC(CN)CC(=O)Nc1ccc(C(=O)N2CCCCC2)c(Cl)c1. The van der Waals surface area contributed by atoms with Crippen molar-refractivity contribution in [1.29, 1.82) is 0 Å². The fourth-order valence-corrected chi connectivity index (χ4v) is 2.98. The molecule has 3 N–H and O–H groups in total. The molecule has 0 radical (unpaired) electrons. The molecule has 1 aliphatic heterocycles. The fraction of sp³-hybridized carbons (Fsp3) is 0.529. The molecule has 0 aliphatic carbocycles. The molecule has 1 aromatic carbocycles. The molecule has 0 bridgehead atoms. The number of likely N-dealkylation sites (tertiary alicyclic amines) is 1. The number of nitrogens with zero attached hydrogens (tertiary/aromatic N) is 1. The summed E-state index contributed by atoms with van der Waals surface area (Å²) in [7, 11) is 1.52. The van der Waals surface area contributed by atoms with Crippen LogP contribution in [0, 0.1) is 0 Å². The summed E-state index contributed by atoms with van der Waals surface area (Å²) in [5.74, 6) is -0.265. The maximum Gasteiger partial charge on any atom is 0.255 e. The minimum absolute atomic E-state index is 0.0554. The molecule has 6 nitrogen and oxygen atoms in total. The number of nitrogens with two attached hydrogens (primary N) is 1. The molecule has 2 rings (SSSR count). The summed E-state index contributed by atoms with van der Waals surface area (Å²) in [4.78, 5) is 26.3. The third kappa shape index (κ3) is 4.93. The van der Waals surface area contributed by atoms with Gasteiger partial charge in [0.2, 0.25) is 5.91 Å². The van der Waals surface area contributed by atoms with Crippen LogP contribution in [0.3, 0.4) is 0 Å². The number of piperidine rings is 1. The van der Waals surface area contributed by atoms with E-state index in [0.29, 0.717) is 16.3 Å². The Morgan fingerprint density at radius 2 is 2.04 bits per heavy atom. The molecular weight excluding hydrogens is 330 g/mol. The molecule has 1 heterocycles. The fourth-order valence-electron chi connectivity index (χ4n) is 2.72. The van der Waals surface area contributed by atoms with Crippen LogP contribution in [0.1, 0.15) is 36.0 Å². The second kappa shape index (κ2) is 9.01. The molecule has 132 valence electrons. The standard InChI is InChI=1S/C17H24ClN3O3/c1-24-13(11-19)10-16(22)20-12-5-6-14(15(18)9-12)17(23)21-7-3-2-4-8-21/h5-6,9,13H,2-4,7-8,10-11,19H2,1H3,(H,20,22). The van der Waals surface area contributed by atoms with Crippen LogP contribution in [0.25, 0.3) is 0 Å². The number of nitrogens with one attached hydrogen (secondary N) is 1. The quantitative estimate of drug-likeness (QED) is 0.821. The molecule has 1 saturated heterocycles. The number of ether oxygens (including phenoxy) is 1. The van der Waals surface area contributed by atoms with E-state index in [9.17, 15) is 9.59 Å². The van der Waals surface area contributed by atoms with Crippen LogP contribution >= 0.6 is 11.6 Å². The van der Waals surface area contributed by atoms with Gasteiger partial charge in [0.15, 0.2) is 0 Å². The van der Waals surface area contributed by atoms with Crippen LogP contribution in [0.2, 0.25) is 5.02 Å². The van der Waals surface area contributed by atoms with E-state index >= 15 is 0 Å². The van der Waals surface area contributed by atoms with Gasteiger partial charge in [-0.2, -0.15) is 0 Å². The Labute approximate surface area is 147 Å². The van der Waals surface area contributed by atoms with Gasteiger partial charge in [-0.1, -0.05) is 11.6 Å². The van der Waals surface area contributed by atoms with Crippen molar-refractivity contribution < 1.29 is 14.3 Å². The van der Waals surface area contributed by atoms with Gasteiger partial charge in [0.05, 0.1) is 23.1 Å². The summed E-state index contributed by atoms with van der Waals surface area (Å²) in [6, 6.07) is 4.94. The Hall–Kier alpha value is -1.63. The first-order valence-corrected chi connectivity index (χ1v) is 8.54. The molecule has 1 aliphatic rings. The summed E-state index contributed by atoms with van der Waals surface area (Å²) < 4.78 is 5.09. The van der Waals surface area contributed by atoms with E-state index in [4.69, 9.17) is 22.1 Å². The maximum absolute atomic E-state index is 12.5. The summed E-state index contributed by atoms with van der Waals surface area (Å²) in [6.45, 7) is 1.81. The topological polar surface area (TPSA) is 84.7 Å². The predicted octanol–water partition coefficient (Wildman–Crippen LogP) is 2.27. The van der Waals surface area contributed by atoms with E-state index < -0.39 is 0 Å². The molecule has 0 aromatic heterocycles. The molecule has 7 heteroatoms.